The van der Waals surface area contributed by atoms with Crippen LogP contribution in [0.25, 0.3) is 10.9 Å². The van der Waals surface area contributed by atoms with Crippen molar-refractivity contribution in [3.63, 3.8) is 0 Å². The van der Waals surface area contributed by atoms with Crippen LogP contribution in [0.1, 0.15) is 25.7 Å². The number of hydrogen-bond donors (Lipinski definition) is 4. The Balaban J connectivity index is 1.30. The van der Waals surface area contributed by atoms with Crippen molar-refractivity contribution in [2.75, 3.05) is 23.8 Å². The van der Waals surface area contributed by atoms with Gasteiger partial charge in [0.1, 0.15) is 4.90 Å². The number of nitrogens with two attached hydrogens (primary N) is 1. The molecule has 0 saturated heterocycles. The first-order chi connectivity index (χ1) is 17.5. The van der Waals surface area contributed by atoms with Gasteiger partial charge in [-0.15, -0.1) is 13.2 Å². The van der Waals surface area contributed by atoms with Crippen LogP contribution in [-0.2, 0) is 10.0 Å². The van der Waals surface area contributed by atoms with Gasteiger partial charge in [0.05, 0.1) is 5.52 Å². The highest BCUT2D eigenvalue weighted by Gasteiger charge is 2.34. The van der Waals surface area contributed by atoms with Crippen LogP contribution in [0.4, 0.5) is 24.9 Å². The number of rotatable bonds is 9. The second-order valence-electron chi connectivity index (χ2n) is 8.82. The third-order valence-corrected chi connectivity index (χ3v) is 8.19. The average Bonchev–Trinajstić information content (AvgIpc) is 2.85. The van der Waals surface area contributed by atoms with Crippen LogP contribution in [0.5, 0.6) is 5.75 Å². The first kappa shape index (κ1) is 27.4. The fourth-order valence-corrected chi connectivity index (χ4v) is 5.92. The molecule has 4 rings (SSSR count). The van der Waals surface area contributed by atoms with E-state index in [0.717, 1.165) is 48.7 Å². The molecule has 0 radical (unpaired) electrons. The highest BCUT2D eigenvalue weighted by Crippen LogP contribution is 2.33. The quantitative estimate of drug-likeness (QED) is 0.203. The molecule has 1 fully saturated rings. The van der Waals surface area contributed by atoms with E-state index in [4.69, 9.17) is 5.84 Å². The van der Waals surface area contributed by atoms with Crippen LogP contribution in [-0.4, -0.2) is 37.8 Å². The van der Waals surface area contributed by atoms with Crippen LogP contribution in [0.15, 0.2) is 51.8 Å². The second kappa shape index (κ2) is 11.4. The van der Waals surface area contributed by atoms with Gasteiger partial charge in [-0.2, -0.15) is 4.98 Å². The summed E-state index contributed by atoms with van der Waals surface area (Å²) in [6.07, 6.45) is -1.76. The van der Waals surface area contributed by atoms with Crippen molar-refractivity contribution >= 4 is 48.6 Å². The Morgan fingerprint density at radius 2 is 1.70 bits per heavy atom. The molecular weight excluding hydrogens is 577 g/mol. The lowest BCUT2D eigenvalue weighted by Crippen LogP contribution is -2.33. The summed E-state index contributed by atoms with van der Waals surface area (Å²) in [6.45, 7) is 0.779. The number of nitrogen functional groups attached to an aromatic ring is 1. The third-order valence-electron chi connectivity index (χ3n) is 6.24. The number of anilines is 2. The molecule has 3 aromatic rings. The number of hydrogen-bond acceptors (Lipinski definition) is 8. The summed E-state index contributed by atoms with van der Waals surface area (Å²) >= 11 is 3.04. The number of para-hydroxylation sites is 1. The zero-order chi connectivity index (χ0) is 26.6. The zero-order valence-electron chi connectivity index (χ0n) is 19.6. The van der Waals surface area contributed by atoms with E-state index in [1.165, 1.54) is 6.07 Å². The summed E-state index contributed by atoms with van der Waals surface area (Å²) in [5, 5.41) is 4.08. The summed E-state index contributed by atoms with van der Waals surface area (Å²) in [7, 11) is -4.20. The Labute approximate surface area is 220 Å². The molecule has 9 nitrogen and oxygen atoms in total. The van der Waals surface area contributed by atoms with Gasteiger partial charge in [0.25, 0.3) is 0 Å². The maximum Gasteiger partial charge on any atom is 0.573 e. The van der Waals surface area contributed by atoms with Gasteiger partial charge in [-0.1, -0.05) is 28.1 Å². The van der Waals surface area contributed by atoms with Gasteiger partial charge in [0, 0.05) is 22.9 Å². The molecule has 0 spiro atoms. The number of benzene rings is 2. The number of hydrazine groups is 1. The van der Waals surface area contributed by atoms with Crippen molar-refractivity contribution in [2.45, 2.75) is 36.9 Å². The standard InChI is InChI=1S/C23H26BrF3N6O3S/c24-16-9-10-20(19(11-16)36-23(25,26)27)37(34,35)30-13-15-7-5-14(6-8-15)12-29-22-31-18-4-2-1-3-17(18)21(32-22)33-28/h1-4,9-11,14-15,30H,5-8,12-13,28H2,(H2,29,31,32,33)/t14-,15-. The topological polar surface area (TPSA) is 131 Å². The molecule has 5 N–H and O–H groups in total. The minimum Gasteiger partial charge on any atom is -0.404 e. The highest BCUT2D eigenvalue weighted by molar-refractivity contribution is 9.10. The van der Waals surface area contributed by atoms with Gasteiger partial charge in [0.2, 0.25) is 16.0 Å². The van der Waals surface area contributed by atoms with Crippen LogP contribution >= 0.6 is 15.9 Å². The number of fused-ring (bicyclic) bond motifs is 1. The Bertz CT molecular complexity index is 1350. The Morgan fingerprint density at radius 3 is 2.38 bits per heavy atom. The van der Waals surface area contributed by atoms with Gasteiger partial charge < -0.3 is 15.5 Å². The van der Waals surface area contributed by atoms with E-state index < -0.39 is 27.0 Å². The number of ether oxygens (including phenoxy) is 1. The number of alkyl halides is 3. The van der Waals surface area contributed by atoms with Gasteiger partial charge in [-0.3, -0.25) is 0 Å². The number of aromatic nitrogens is 2. The van der Waals surface area contributed by atoms with E-state index in [1.807, 2.05) is 24.3 Å². The van der Waals surface area contributed by atoms with Gasteiger partial charge in [-0.05, 0) is 67.9 Å². The normalized spacial score (nSPS) is 18.5. The van der Waals surface area contributed by atoms with Crippen LogP contribution in [0.2, 0.25) is 0 Å². The number of nitrogens with one attached hydrogen (secondary N) is 3. The summed E-state index contributed by atoms with van der Waals surface area (Å²) < 4.78 is 70.4. The first-order valence-electron chi connectivity index (χ1n) is 11.6. The molecule has 0 amide bonds. The molecular formula is C23H26BrF3N6O3S. The third kappa shape index (κ3) is 7.21. The first-order valence-corrected chi connectivity index (χ1v) is 13.8. The maximum atomic E-state index is 12.8. The Morgan fingerprint density at radius 1 is 1.03 bits per heavy atom. The molecule has 2 aromatic carbocycles. The van der Waals surface area contributed by atoms with Crippen molar-refractivity contribution in [2.24, 2.45) is 17.7 Å². The number of halogens is 4. The Hall–Kier alpha value is -2.68. The van der Waals surface area contributed by atoms with Gasteiger partial charge in [0.15, 0.2) is 11.6 Å². The lowest BCUT2D eigenvalue weighted by Gasteiger charge is -2.28. The minimum atomic E-state index is -5.02. The van der Waals surface area contributed by atoms with Crippen LogP contribution in [0, 0.1) is 11.8 Å². The molecule has 1 aliphatic rings. The predicted molar refractivity (Wildman–Crippen MR) is 137 cm³/mol. The van der Waals surface area contributed by atoms with Crippen molar-refractivity contribution in [1.82, 2.24) is 14.7 Å². The molecule has 200 valence electrons. The lowest BCUT2D eigenvalue weighted by atomic mass is 9.82. The predicted octanol–water partition coefficient (Wildman–Crippen LogP) is 4.77. The lowest BCUT2D eigenvalue weighted by molar-refractivity contribution is -0.275. The van der Waals surface area contributed by atoms with Crippen LogP contribution < -0.4 is 26.0 Å². The van der Waals surface area contributed by atoms with Gasteiger partial charge >= 0.3 is 6.36 Å². The van der Waals surface area contributed by atoms with E-state index >= 15 is 0 Å². The zero-order valence-corrected chi connectivity index (χ0v) is 22.0. The van der Waals surface area contributed by atoms with Gasteiger partial charge in [-0.25, -0.2) is 24.0 Å². The summed E-state index contributed by atoms with van der Waals surface area (Å²) in [6, 6.07) is 10.9. The van der Waals surface area contributed by atoms with Crippen molar-refractivity contribution in [3.05, 3.63) is 46.9 Å². The fraction of sp³-hybridized carbons (Fsp3) is 0.391. The number of sulfonamides is 1. The molecule has 0 aliphatic heterocycles. The molecule has 14 heteroatoms. The fourth-order valence-electron chi connectivity index (χ4n) is 4.35. The SMILES string of the molecule is NNc1nc(NC[C@H]2CC[C@H](CNS(=O)(=O)c3ccc(Br)cc3OC(F)(F)F)CC2)nc2ccccc12. The molecule has 1 aromatic heterocycles. The summed E-state index contributed by atoms with van der Waals surface area (Å²) in [5.41, 5.74) is 3.36. The van der Waals surface area contributed by atoms with Crippen molar-refractivity contribution in [1.29, 1.82) is 0 Å². The molecule has 0 bridgehead atoms. The smallest absolute Gasteiger partial charge is 0.404 e. The molecule has 0 atom stereocenters. The highest BCUT2D eigenvalue weighted by atomic mass is 79.9. The molecule has 1 aliphatic carbocycles. The van der Waals surface area contributed by atoms with E-state index in [0.29, 0.717) is 24.2 Å². The molecule has 37 heavy (non-hydrogen) atoms. The van der Waals surface area contributed by atoms with E-state index in [9.17, 15) is 21.6 Å². The second-order valence-corrected chi connectivity index (χ2v) is 11.5. The maximum absolute atomic E-state index is 12.8. The van der Waals surface area contributed by atoms with E-state index in [2.05, 4.69) is 46.1 Å². The Kier molecular flexibility index (Phi) is 8.41. The largest absolute Gasteiger partial charge is 0.573 e. The number of nitrogens with zero attached hydrogens (tertiary/aromatic N) is 2. The van der Waals surface area contributed by atoms with E-state index in [-0.39, 0.29) is 16.9 Å². The monoisotopic (exact) mass is 602 g/mol. The molecule has 0 unspecified atom stereocenters. The van der Waals surface area contributed by atoms with Crippen molar-refractivity contribution in [3.8, 4) is 5.75 Å². The van der Waals surface area contributed by atoms with E-state index in [1.54, 1.807) is 0 Å². The summed E-state index contributed by atoms with van der Waals surface area (Å²) in [5.74, 6) is 6.22. The molecule has 1 heterocycles. The average molecular weight is 603 g/mol. The summed E-state index contributed by atoms with van der Waals surface area (Å²) in [4.78, 5) is 8.38. The van der Waals surface area contributed by atoms with Crippen LogP contribution in [0.3, 0.4) is 0 Å². The van der Waals surface area contributed by atoms with Crippen molar-refractivity contribution < 1.29 is 26.3 Å². The minimum absolute atomic E-state index is 0.0680. The molecule has 1 saturated carbocycles.